The molecule has 0 unspecified atom stereocenters. The third kappa shape index (κ3) is 5.39. The number of hydrogen-bond donors (Lipinski definition) is 1. The molecule has 2 heterocycles. The lowest BCUT2D eigenvalue weighted by atomic mass is 10.2. The molecule has 184 valence electrons. The number of ether oxygens (including phenoxy) is 1. The van der Waals surface area contributed by atoms with Crippen molar-refractivity contribution < 1.29 is 18.1 Å². The fourth-order valence-electron chi connectivity index (χ4n) is 3.83. The second-order valence-electron chi connectivity index (χ2n) is 8.05. The zero-order valence-corrected chi connectivity index (χ0v) is 20.2. The zero-order valence-electron chi connectivity index (χ0n) is 19.4. The Morgan fingerprint density at radius 1 is 1.17 bits per heavy atom. The highest BCUT2D eigenvalue weighted by atomic mass is 32.2. The van der Waals surface area contributed by atoms with Crippen molar-refractivity contribution in [1.82, 2.24) is 14.1 Å². The fraction of sp³-hybridized carbons (Fsp3) is 0.304. The van der Waals surface area contributed by atoms with Gasteiger partial charge in [-0.15, -0.1) is 0 Å². The number of rotatable bonds is 8. The molecular weight excluding hydrogens is 472 g/mol. The predicted molar refractivity (Wildman–Crippen MR) is 131 cm³/mol. The molecule has 1 aliphatic rings. The van der Waals surface area contributed by atoms with Crippen molar-refractivity contribution in [3.8, 4) is 0 Å². The first-order valence-electron chi connectivity index (χ1n) is 11.0. The second-order valence-corrected chi connectivity index (χ2v) is 9.99. The first-order chi connectivity index (χ1) is 16.8. The van der Waals surface area contributed by atoms with Crippen LogP contribution in [0.25, 0.3) is 0 Å². The van der Waals surface area contributed by atoms with Gasteiger partial charge in [0, 0.05) is 30.4 Å². The standard InChI is InChI=1S/C23H26N6O5S/c1-17-21(18(2)28(26-17)16-19-6-4-3-5-7-19)15-24-25-22-9-8-20(14-23(22)29(30)31)35(32,33)27-10-12-34-13-11-27/h3-9,14-15,25H,10-13,16H2,1-2H3. The molecule has 0 spiro atoms. The van der Waals surface area contributed by atoms with Gasteiger partial charge in [0.05, 0.1) is 41.5 Å². The molecule has 3 aromatic rings. The second kappa shape index (κ2) is 10.3. The summed E-state index contributed by atoms with van der Waals surface area (Å²) < 4.78 is 34.1. The van der Waals surface area contributed by atoms with Crippen LogP contribution in [0.5, 0.6) is 0 Å². The fourth-order valence-corrected chi connectivity index (χ4v) is 5.26. The molecule has 4 rings (SSSR count). The Labute approximate surface area is 203 Å². The summed E-state index contributed by atoms with van der Waals surface area (Å²) in [4.78, 5) is 10.9. The van der Waals surface area contributed by atoms with Crippen LogP contribution in [0.4, 0.5) is 11.4 Å². The van der Waals surface area contributed by atoms with Gasteiger partial charge in [0.2, 0.25) is 10.0 Å². The minimum atomic E-state index is -3.86. The van der Waals surface area contributed by atoms with E-state index in [1.54, 1.807) is 6.21 Å². The number of nitrogens with zero attached hydrogens (tertiary/aromatic N) is 5. The molecule has 1 N–H and O–H groups in total. The van der Waals surface area contributed by atoms with Crippen LogP contribution in [-0.4, -0.2) is 59.9 Å². The molecule has 0 atom stereocenters. The van der Waals surface area contributed by atoms with Gasteiger partial charge in [0.15, 0.2) is 0 Å². The highest BCUT2D eigenvalue weighted by molar-refractivity contribution is 7.89. The Morgan fingerprint density at radius 2 is 1.89 bits per heavy atom. The van der Waals surface area contributed by atoms with Crippen molar-refractivity contribution in [3.05, 3.63) is 81.2 Å². The van der Waals surface area contributed by atoms with Crippen molar-refractivity contribution in [1.29, 1.82) is 0 Å². The van der Waals surface area contributed by atoms with E-state index in [4.69, 9.17) is 4.74 Å². The maximum absolute atomic E-state index is 12.9. The zero-order chi connectivity index (χ0) is 25.0. The minimum Gasteiger partial charge on any atom is -0.379 e. The first-order valence-corrected chi connectivity index (χ1v) is 12.4. The third-order valence-corrected chi connectivity index (χ3v) is 7.66. The van der Waals surface area contributed by atoms with Gasteiger partial charge >= 0.3 is 0 Å². The Hall–Kier alpha value is -3.61. The summed E-state index contributed by atoms with van der Waals surface area (Å²) in [7, 11) is -3.86. The van der Waals surface area contributed by atoms with E-state index < -0.39 is 14.9 Å². The summed E-state index contributed by atoms with van der Waals surface area (Å²) in [5.74, 6) is 0. The van der Waals surface area contributed by atoms with Gasteiger partial charge in [-0.1, -0.05) is 30.3 Å². The molecule has 0 bridgehead atoms. The normalized spacial score (nSPS) is 14.9. The molecule has 1 saturated heterocycles. The summed E-state index contributed by atoms with van der Waals surface area (Å²) in [6, 6.07) is 13.7. The first kappa shape index (κ1) is 24.5. The van der Waals surface area contributed by atoms with Crippen molar-refractivity contribution in [2.45, 2.75) is 25.3 Å². The van der Waals surface area contributed by atoms with E-state index in [1.807, 2.05) is 48.9 Å². The number of nitro groups is 1. The van der Waals surface area contributed by atoms with Crippen molar-refractivity contribution in [2.24, 2.45) is 5.10 Å². The Kier molecular flexibility index (Phi) is 7.24. The lowest BCUT2D eigenvalue weighted by molar-refractivity contribution is -0.384. The molecule has 0 aliphatic carbocycles. The van der Waals surface area contributed by atoms with E-state index in [9.17, 15) is 18.5 Å². The molecule has 12 heteroatoms. The van der Waals surface area contributed by atoms with Crippen LogP contribution in [0, 0.1) is 24.0 Å². The molecule has 2 aromatic carbocycles. The van der Waals surface area contributed by atoms with Crippen molar-refractivity contribution in [2.75, 3.05) is 31.7 Å². The summed E-state index contributed by atoms with van der Waals surface area (Å²) >= 11 is 0. The number of aryl methyl sites for hydroxylation is 1. The number of sulfonamides is 1. The number of hydrogen-bond acceptors (Lipinski definition) is 8. The van der Waals surface area contributed by atoms with Gasteiger partial charge in [0.25, 0.3) is 5.69 Å². The number of anilines is 1. The van der Waals surface area contributed by atoms with Crippen LogP contribution in [-0.2, 0) is 21.3 Å². The Bertz CT molecular complexity index is 1350. The van der Waals surface area contributed by atoms with Crippen LogP contribution in [0.1, 0.15) is 22.5 Å². The largest absolute Gasteiger partial charge is 0.379 e. The van der Waals surface area contributed by atoms with E-state index in [2.05, 4.69) is 15.6 Å². The number of hydrazone groups is 1. The van der Waals surface area contributed by atoms with Crippen LogP contribution in [0.15, 0.2) is 58.5 Å². The van der Waals surface area contributed by atoms with Gasteiger partial charge in [-0.25, -0.2) is 8.42 Å². The van der Waals surface area contributed by atoms with Crippen LogP contribution >= 0.6 is 0 Å². The molecule has 1 fully saturated rings. The number of morpholine rings is 1. The van der Waals surface area contributed by atoms with Crippen LogP contribution in [0.2, 0.25) is 0 Å². The SMILES string of the molecule is Cc1nn(Cc2ccccc2)c(C)c1C=NNc1ccc(S(=O)(=O)N2CCOCC2)cc1[N+](=O)[O-]. The molecule has 1 aliphatic heterocycles. The molecular formula is C23H26N6O5S. The smallest absolute Gasteiger partial charge is 0.295 e. The number of benzene rings is 2. The Balaban J connectivity index is 1.54. The highest BCUT2D eigenvalue weighted by Gasteiger charge is 2.28. The lowest BCUT2D eigenvalue weighted by Gasteiger charge is -2.26. The summed E-state index contributed by atoms with van der Waals surface area (Å²) in [5.41, 5.74) is 5.95. The maximum atomic E-state index is 12.9. The van der Waals surface area contributed by atoms with Crippen LogP contribution < -0.4 is 5.43 Å². The molecule has 1 aromatic heterocycles. The Morgan fingerprint density at radius 3 is 2.57 bits per heavy atom. The highest BCUT2D eigenvalue weighted by Crippen LogP contribution is 2.29. The van der Waals surface area contributed by atoms with Gasteiger partial charge < -0.3 is 4.74 Å². The van der Waals surface area contributed by atoms with Gasteiger partial charge in [0.1, 0.15) is 5.69 Å². The van der Waals surface area contributed by atoms with E-state index >= 15 is 0 Å². The number of aromatic nitrogens is 2. The average molecular weight is 499 g/mol. The van der Waals surface area contributed by atoms with E-state index in [1.165, 1.54) is 16.4 Å². The number of nitro benzene ring substituents is 1. The molecule has 11 nitrogen and oxygen atoms in total. The quantitative estimate of drug-likeness (QED) is 0.287. The monoisotopic (exact) mass is 498 g/mol. The number of nitrogens with one attached hydrogen (secondary N) is 1. The van der Waals surface area contributed by atoms with Gasteiger partial charge in [-0.05, 0) is 31.5 Å². The molecule has 0 saturated carbocycles. The third-order valence-electron chi connectivity index (χ3n) is 5.76. The predicted octanol–water partition coefficient (Wildman–Crippen LogP) is 2.92. The minimum absolute atomic E-state index is 0.0826. The van der Waals surface area contributed by atoms with Crippen LogP contribution in [0.3, 0.4) is 0 Å². The lowest BCUT2D eigenvalue weighted by Crippen LogP contribution is -2.40. The summed E-state index contributed by atoms with van der Waals surface area (Å²) in [6.45, 7) is 5.39. The maximum Gasteiger partial charge on any atom is 0.295 e. The van der Waals surface area contributed by atoms with E-state index in [0.29, 0.717) is 6.54 Å². The average Bonchev–Trinajstić information content (AvgIpc) is 3.12. The van der Waals surface area contributed by atoms with E-state index in [0.717, 1.165) is 28.6 Å². The van der Waals surface area contributed by atoms with Crippen molar-refractivity contribution in [3.63, 3.8) is 0 Å². The molecule has 0 radical (unpaired) electrons. The topological polar surface area (TPSA) is 132 Å². The van der Waals surface area contributed by atoms with Gasteiger partial charge in [-0.2, -0.15) is 14.5 Å². The van der Waals surface area contributed by atoms with E-state index in [-0.39, 0.29) is 42.6 Å². The molecule has 35 heavy (non-hydrogen) atoms. The summed E-state index contributed by atoms with van der Waals surface area (Å²) in [5, 5.41) is 20.4. The molecule has 0 amide bonds. The summed E-state index contributed by atoms with van der Waals surface area (Å²) in [6.07, 6.45) is 1.56. The van der Waals surface area contributed by atoms with Gasteiger partial charge in [-0.3, -0.25) is 20.2 Å². The van der Waals surface area contributed by atoms with Crippen molar-refractivity contribution >= 4 is 27.6 Å².